The van der Waals surface area contributed by atoms with Gasteiger partial charge in [0.25, 0.3) is 0 Å². The number of benzene rings is 1. The Labute approximate surface area is 85.3 Å². The summed E-state index contributed by atoms with van der Waals surface area (Å²) >= 11 is 3.36. The summed E-state index contributed by atoms with van der Waals surface area (Å²) in [7, 11) is -3.15. The molecule has 0 bridgehead atoms. The Morgan fingerprint density at radius 1 is 1.31 bits per heavy atom. The topological polar surface area (TPSA) is 34.1 Å². The molecule has 1 heterocycles. The normalized spacial score (nSPS) is 17.4. The molecule has 4 heteroatoms. The molecule has 0 atom stereocenters. The molecule has 0 saturated heterocycles. The van der Waals surface area contributed by atoms with Crippen LogP contribution < -0.4 is 0 Å². The lowest BCUT2D eigenvalue weighted by Gasteiger charge is -2.03. The lowest BCUT2D eigenvalue weighted by atomic mass is 10.1. The van der Waals surface area contributed by atoms with Crippen molar-refractivity contribution in [1.29, 1.82) is 0 Å². The molecule has 0 saturated carbocycles. The number of hydrogen-bond donors (Lipinski definition) is 0. The minimum absolute atomic E-state index is 0.410. The van der Waals surface area contributed by atoms with Gasteiger partial charge in [0.15, 0.2) is 9.84 Å². The number of rotatable bonds is 0. The summed E-state index contributed by atoms with van der Waals surface area (Å²) in [5.41, 5.74) is 1.77. The van der Waals surface area contributed by atoms with Crippen molar-refractivity contribution in [2.45, 2.75) is 11.8 Å². The van der Waals surface area contributed by atoms with Gasteiger partial charge in [-0.3, -0.25) is 0 Å². The molecule has 68 valence electrons. The van der Waals surface area contributed by atoms with E-state index >= 15 is 0 Å². The van der Waals surface area contributed by atoms with Gasteiger partial charge < -0.3 is 0 Å². The predicted octanol–water partition coefficient (Wildman–Crippen LogP) is 2.52. The van der Waals surface area contributed by atoms with E-state index in [1.807, 2.05) is 6.92 Å². The molecule has 0 radical (unpaired) electrons. The third-order valence-electron chi connectivity index (χ3n) is 2.13. The third kappa shape index (κ3) is 1.25. The Bertz CT molecular complexity index is 501. The lowest BCUT2D eigenvalue weighted by Crippen LogP contribution is -1.94. The molecule has 2 rings (SSSR count). The van der Waals surface area contributed by atoms with Gasteiger partial charge in [0.2, 0.25) is 0 Å². The van der Waals surface area contributed by atoms with Crippen LogP contribution in [0.5, 0.6) is 0 Å². The fraction of sp³-hybridized carbons (Fsp3) is 0.111. The van der Waals surface area contributed by atoms with Crippen molar-refractivity contribution in [3.8, 4) is 0 Å². The zero-order valence-electron chi connectivity index (χ0n) is 6.91. The molecule has 0 aliphatic carbocycles. The van der Waals surface area contributed by atoms with E-state index in [0.29, 0.717) is 4.90 Å². The van der Waals surface area contributed by atoms with Crippen molar-refractivity contribution in [3.63, 3.8) is 0 Å². The molecule has 1 aromatic carbocycles. The van der Waals surface area contributed by atoms with Crippen LogP contribution >= 0.6 is 15.9 Å². The van der Waals surface area contributed by atoms with Crippen LogP contribution in [0.3, 0.4) is 0 Å². The Morgan fingerprint density at radius 2 is 2.00 bits per heavy atom. The highest BCUT2D eigenvalue weighted by atomic mass is 79.9. The van der Waals surface area contributed by atoms with Crippen LogP contribution in [-0.2, 0) is 9.84 Å². The van der Waals surface area contributed by atoms with Gasteiger partial charge in [0.05, 0.1) is 4.90 Å². The van der Waals surface area contributed by atoms with Crippen molar-refractivity contribution in [3.05, 3.63) is 33.1 Å². The van der Waals surface area contributed by atoms with Crippen LogP contribution in [0.4, 0.5) is 0 Å². The van der Waals surface area contributed by atoms with Crippen molar-refractivity contribution in [1.82, 2.24) is 0 Å². The number of fused-ring (bicyclic) bond motifs is 1. The SMILES string of the molecule is Cc1c(Br)ccc2c1C=CS2(=O)=O. The van der Waals surface area contributed by atoms with Crippen LogP contribution in [0.15, 0.2) is 26.9 Å². The van der Waals surface area contributed by atoms with E-state index < -0.39 is 9.84 Å². The summed E-state index contributed by atoms with van der Waals surface area (Å²) in [6.07, 6.45) is 1.64. The van der Waals surface area contributed by atoms with Gasteiger partial charge in [-0.15, -0.1) is 0 Å². The first kappa shape index (κ1) is 8.97. The van der Waals surface area contributed by atoms with Crippen molar-refractivity contribution >= 4 is 31.8 Å². The van der Waals surface area contributed by atoms with Gasteiger partial charge in [-0.2, -0.15) is 0 Å². The molecule has 0 N–H and O–H groups in total. The van der Waals surface area contributed by atoms with Crippen LogP contribution in [0, 0.1) is 6.92 Å². The van der Waals surface area contributed by atoms with Gasteiger partial charge in [-0.25, -0.2) is 8.42 Å². The van der Waals surface area contributed by atoms with E-state index in [1.165, 1.54) is 5.41 Å². The summed E-state index contributed by atoms with van der Waals surface area (Å²) in [6.45, 7) is 1.90. The van der Waals surface area contributed by atoms with Gasteiger partial charge >= 0.3 is 0 Å². The van der Waals surface area contributed by atoms with E-state index in [1.54, 1.807) is 18.2 Å². The van der Waals surface area contributed by atoms with Crippen LogP contribution in [0.25, 0.3) is 6.08 Å². The molecule has 0 fully saturated rings. The maximum Gasteiger partial charge on any atom is 0.200 e. The smallest absolute Gasteiger partial charge is 0.200 e. The van der Waals surface area contributed by atoms with Crippen molar-refractivity contribution in [2.24, 2.45) is 0 Å². The largest absolute Gasteiger partial charge is 0.219 e. The van der Waals surface area contributed by atoms with E-state index in [9.17, 15) is 8.42 Å². The summed E-state index contributed by atoms with van der Waals surface area (Å²) in [6, 6.07) is 3.39. The van der Waals surface area contributed by atoms with E-state index in [2.05, 4.69) is 15.9 Å². The first-order chi connectivity index (χ1) is 6.02. The lowest BCUT2D eigenvalue weighted by molar-refractivity contribution is 0.605. The summed E-state index contributed by atoms with van der Waals surface area (Å²) < 4.78 is 23.8. The standard InChI is InChI=1S/C9H7BrO2S/c1-6-7-4-5-13(11,12)9(7)3-2-8(6)10/h2-5H,1H3. The second kappa shape index (κ2) is 2.69. The van der Waals surface area contributed by atoms with Gasteiger partial charge in [-0.1, -0.05) is 15.9 Å². The zero-order chi connectivity index (χ0) is 9.64. The second-order valence-electron chi connectivity index (χ2n) is 2.93. The maximum atomic E-state index is 11.4. The number of sulfone groups is 1. The molecule has 1 aliphatic heterocycles. The Hall–Kier alpha value is -0.610. The molecular weight excluding hydrogens is 252 g/mol. The average molecular weight is 259 g/mol. The van der Waals surface area contributed by atoms with Gasteiger partial charge in [-0.05, 0) is 36.3 Å². The van der Waals surface area contributed by atoms with Gasteiger partial charge in [0.1, 0.15) is 0 Å². The van der Waals surface area contributed by atoms with Crippen molar-refractivity contribution in [2.75, 3.05) is 0 Å². The highest BCUT2D eigenvalue weighted by Crippen LogP contribution is 2.32. The fourth-order valence-electron chi connectivity index (χ4n) is 1.36. The van der Waals surface area contributed by atoms with Crippen LogP contribution in [0.1, 0.15) is 11.1 Å². The third-order valence-corrected chi connectivity index (χ3v) is 4.45. The molecule has 2 nitrogen and oxygen atoms in total. The van der Waals surface area contributed by atoms with Crippen LogP contribution in [0.2, 0.25) is 0 Å². The number of halogens is 1. The first-order valence-electron chi connectivity index (χ1n) is 3.74. The van der Waals surface area contributed by atoms with Crippen molar-refractivity contribution < 1.29 is 8.42 Å². The fourth-order valence-corrected chi connectivity index (χ4v) is 2.96. The Balaban J connectivity index is 2.86. The van der Waals surface area contributed by atoms with E-state index in [0.717, 1.165) is 15.6 Å². The summed E-state index contributed by atoms with van der Waals surface area (Å²) in [4.78, 5) is 0.410. The molecule has 0 amide bonds. The molecule has 1 aliphatic rings. The average Bonchev–Trinajstić information content (AvgIpc) is 2.35. The monoisotopic (exact) mass is 258 g/mol. The second-order valence-corrected chi connectivity index (χ2v) is 5.59. The highest BCUT2D eigenvalue weighted by molar-refractivity contribution is 9.10. The molecule has 13 heavy (non-hydrogen) atoms. The zero-order valence-corrected chi connectivity index (χ0v) is 9.31. The summed E-state index contributed by atoms with van der Waals surface area (Å²) in [5.74, 6) is 0. The number of hydrogen-bond acceptors (Lipinski definition) is 2. The minimum atomic E-state index is -3.15. The Morgan fingerprint density at radius 3 is 2.69 bits per heavy atom. The quantitative estimate of drug-likeness (QED) is 0.717. The molecule has 0 spiro atoms. The predicted molar refractivity (Wildman–Crippen MR) is 55.1 cm³/mol. The van der Waals surface area contributed by atoms with Gasteiger partial charge in [0, 0.05) is 9.88 Å². The highest BCUT2D eigenvalue weighted by Gasteiger charge is 2.22. The molecular formula is C9H7BrO2S. The van der Waals surface area contributed by atoms with Crippen LogP contribution in [-0.4, -0.2) is 8.42 Å². The first-order valence-corrected chi connectivity index (χ1v) is 6.08. The Kier molecular flexibility index (Phi) is 1.85. The summed E-state index contributed by atoms with van der Waals surface area (Å²) in [5, 5.41) is 1.25. The molecule has 0 aromatic heterocycles. The molecule has 1 aromatic rings. The van der Waals surface area contributed by atoms with E-state index in [-0.39, 0.29) is 0 Å². The minimum Gasteiger partial charge on any atom is -0.219 e. The maximum absolute atomic E-state index is 11.4. The molecule has 0 unspecified atom stereocenters. The van der Waals surface area contributed by atoms with E-state index in [4.69, 9.17) is 0 Å².